The lowest BCUT2D eigenvalue weighted by atomic mass is 9.81. The van der Waals surface area contributed by atoms with Crippen molar-refractivity contribution >= 4 is 16.0 Å². The highest BCUT2D eigenvalue weighted by molar-refractivity contribution is 7.89. The zero-order chi connectivity index (χ0) is 16.7. The Hall–Kier alpha value is -1.61. The van der Waals surface area contributed by atoms with Gasteiger partial charge in [-0.1, -0.05) is 6.07 Å². The molecule has 1 aliphatic carbocycles. The van der Waals surface area contributed by atoms with Crippen LogP contribution in [-0.2, 0) is 21.0 Å². The predicted octanol–water partition coefficient (Wildman–Crippen LogP) is 2.16. The topological polar surface area (TPSA) is 83.5 Å². The molecule has 1 aromatic carbocycles. The van der Waals surface area contributed by atoms with Crippen LogP contribution in [0.15, 0.2) is 23.1 Å². The van der Waals surface area contributed by atoms with Crippen LogP contribution in [0.5, 0.6) is 0 Å². The number of rotatable bonds is 4. The second-order valence-electron chi connectivity index (χ2n) is 5.30. The Bertz CT molecular complexity index is 694. The molecule has 1 aliphatic rings. The van der Waals surface area contributed by atoms with Crippen molar-refractivity contribution in [2.45, 2.75) is 36.9 Å². The van der Waals surface area contributed by atoms with E-state index in [1.807, 2.05) is 0 Å². The summed E-state index contributed by atoms with van der Waals surface area (Å²) in [6.07, 6.45) is -4.37. The molecule has 5 nitrogen and oxygen atoms in total. The number of hydrogen-bond donors (Lipinski definition) is 2. The summed E-state index contributed by atoms with van der Waals surface area (Å²) in [5, 5.41) is 8.73. The summed E-state index contributed by atoms with van der Waals surface area (Å²) < 4.78 is 64.7. The summed E-state index contributed by atoms with van der Waals surface area (Å²) in [7, 11) is -4.13. The van der Waals surface area contributed by atoms with Gasteiger partial charge in [0.15, 0.2) is 0 Å². The van der Waals surface area contributed by atoms with Crippen LogP contribution in [0.2, 0.25) is 0 Å². The van der Waals surface area contributed by atoms with Gasteiger partial charge < -0.3 is 5.11 Å². The van der Waals surface area contributed by atoms with Gasteiger partial charge in [0.1, 0.15) is 0 Å². The minimum Gasteiger partial charge on any atom is -0.481 e. The number of aryl methyl sites for hydroxylation is 1. The smallest absolute Gasteiger partial charge is 0.416 e. The van der Waals surface area contributed by atoms with Gasteiger partial charge in [-0.05, 0) is 37.5 Å². The fourth-order valence-corrected chi connectivity index (χ4v) is 3.80. The predicted molar refractivity (Wildman–Crippen MR) is 70.7 cm³/mol. The molecule has 1 saturated carbocycles. The maximum Gasteiger partial charge on any atom is 0.416 e. The standard InChI is InChI=1S/C13H14F3NO4S/c1-7-2-3-9(13(14,15)16)6-11(7)22(20,21)17-10-4-8(5-10)12(18)19/h2-3,6,8,10,17H,4-5H2,1H3,(H,18,19). The molecule has 2 N–H and O–H groups in total. The molecule has 122 valence electrons. The molecule has 0 unspecified atom stereocenters. The van der Waals surface area contributed by atoms with Crippen molar-refractivity contribution in [1.82, 2.24) is 4.72 Å². The minimum atomic E-state index is -4.64. The Morgan fingerprint density at radius 2 is 1.91 bits per heavy atom. The van der Waals surface area contributed by atoms with Crippen molar-refractivity contribution in [3.05, 3.63) is 29.3 Å². The van der Waals surface area contributed by atoms with Crippen LogP contribution in [0.1, 0.15) is 24.0 Å². The Morgan fingerprint density at radius 3 is 2.41 bits per heavy atom. The SMILES string of the molecule is Cc1ccc(C(F)(F)F)cc1S(=O)(=O)NC1CC(C(=O)O)C1. The summed E-state index contributed by atoms with van der Waals surface area (Å²) in [6, 6.07) is 1.93. The number of nitrogens with one attached hydrogen (secondary N) is 1. The third-order valence-electron chi connectivity index (χ3n) is 3.61. The van der Waals surface area contributed by atoms with E-state index in [0.29, 0.717) is 6.07 Å². The molecule has 0 spiro atoms. The first kappa shape index (κ1) is 16.8. The van der Waals surface area contributed by atoms with Crippen molar-refractivity contribution in [2.24, 2.45) is 5.92 Å². The van der Waals surface area contributed by atoms with Crippen LogP contribution in [0, 0.1) is 12.8 Å². The molecular weight excluding hydrogens is 323 g/mol. The molecule has 0 aliphatic heterocycles. The second kappa shape index (κ2) is 5.54. The van der Waals surface area contributed by atoms with Gasteiger partial charge in [-0.15, -0.1) is 0 Å². The van der Waals surface area contributed by atoms with Crippen molar-refractivity contribution in [3.63, 3.8) is 0 Å². The molecule has 22 heavy (non-hydrogen) atoms. The van der Waals surface area contributed by atoms with Crippen molar-refractivity contribution in [2.75, 3.05) is 0 Å². The maximum atomic E-state index is 12.7. The molecule has 0 aromatic heterocycles. The van der Waals surface area contributed by atoms with Crippen molar-refractivity contribution in [1.29, 1.82) is 0 Å². The molecular formula is C13H14F3NO4S. The molecule has 0 atom stereocenters. The number of carboxylic acids is 1. The summed E-state index contributed by atoms with van der Waals surface area (Å²) in [5.74, 6) is -1.62. The van der Waals surface area contributed by atoms with Gasteiger partial charge in [-0.2, -0.15) is 13.2 Å². The highest BCUT2D eigenvalue weighted by atomic mass is 32.2. The highest BCUT2D eigenvalue weighted by Crippen LogP contribution is 2.33. The molecule has 9 heteroatoms. The fraction of sp³-hybridized carbons (Fsp3) is 0.462. The average Bonchev–Trinajstić information content (AvgIpc) is 2.31. The lowest BCUT2D eigenvalue weighted by molar-refractivity contribution is -0.145. The number of alkyl halides is 3. The Labute approximate surface area is 125 Å². The number of halogens is 3. The van der Waals surface area contributed by atoms with Gasteiger partial charge in [0.2, 0.25) is 10.0 Å². The molecule has 0 amide bonds. The quantitative estimate of drug-likeness (QED) is 0.882. The lowest BCUT2D eigenvalue weighted by Crippen LogP contribution is -2.46. The van der Waals surface area contributed by atoms with E-state index < -0.39 is 44.6 Å². The largest absolute Gasteiger partial charge is 0.481 e. The Balaban J connectivity index is 2.21. The third kappa shape index (κ3) is 3.41. The van der Waals surface area contributed by atoms with Crippen molar-refractivity contribution in [3.8, 4) is 0 Å². The maximum absolute atomic E-state index is 12.7. The van der Waals surface area contributed by atoms with Crippen LogP contribution in [0.4, 0.5) is 13.2 Å². The van der Waals surface area contributed by atoms with Gasteiger partial charge in [0, 0.05) is 6.04 Å². The number of benzene rings is 1. The van der Waals surface area contributed by atoms with Crippen LogP contribution in [0.25, 0.3) is 0 Å². The third-order valence-corrected chi connectivity index (χ3v) is 5.28. The first-order chi connectivity index (χ1) is 10.0. The molecule has 0 radical (unpaired) electrons. The monoisotopic (exact) mass is 337 g/mol. The summed E-state index contributed by atoms with van der Waals surface area (Å²) in [5.41, 5.74) is -0.856. The fourth-order valence-electron chi connectivity index (χ4n) is 2.26. The van der Waals surface area contributed by atoms with E-state index in [9.17, 15) is 26.4 Å². The lowest BCUT2D eigenvalue weighted by Gasteiger charge is -2.32. The van der Waals surface area contributed by atoms with E-state index in [1.165, 1.54) is 6.92 Å². The summed E-state index contributed by atoms with van der Waals surface area (Å²) in [4.78, 5) is 10.2. The average molecular weight is 337 g/mol. The van der Waals surface area contributed by atoms with Gasteiger partial charge in [0.25, 0.3) is 0 Å². The van der Waals surface area contributed by atoms with Crippen LogP contribution < -0.4 is 4.72 Å². The highest BCUT2D eigenvalue weighted by Gasteiger charge is 2.38. The zero-order valence-corrected chi connectivity index (χ0v) is 12.3. The minimum absolute atomic E-state index is 0.132. The van der Waals surface area contributed by atoms with E-state index in [-0.39, 0.29) is 18.4 Å². The van der Waals surface area contributed by atoms with E-state index >= 15 is 0 Å². The number of carbonyl (C=O) groups is 1. The van der Waals surface area contributed by atoms with E-state index in [4.69, 9.17) is 5.11 Å². The van der Waals surface area contributed by atoms with E-state index in [0.717, 1.165) is 12.1 Å². The summed E-state index contributed by atoms with van der Waals surface area (Å²) in [6.45, 7) is 1.40. The Kier molecular flexibility index (Phi) is 4.22. The summed E-state index contributed by atoms with van der Waals surface area (Å²) >= 11 is 0. The first-order valence-electron chi connectivity index (χ1n) is 6.43. The molecule has 1 aromatic rings. The molecule has 0 bridgehead atoms. The van der Waals surface area contributed by atoms with Crippen LogP contribution in [-0.4, -0.2) is 25.5 Å². The molecule has 1 fully saturated rings. The molecule has 2 rings (SSSR count). The number of hydrogen-bond acceptors (Lipinski definition) is 3. The second-order valence-corrected chi connectivity index (χ2v) is 6.99. The van der Waals surface area contributed by atoms with Crippen LogP contribution >= 0.6 is 0 Å². The van der Waals surface area contributed by atoms with E-state index in [2.05, 4.69) is 4.72 Å². The number of sulfonamides is 1. The molecule has 0 saturated heterocycles. The van der Waals surface area contributed by atoms with E-state index in [1.54, 1.807) is 0 Å². The van der Waals surface area contributed by atoms with Crippen LogP contribution in [0.3, 0.4) is 0 Å². The van der Waals surface area contributed by atoms with Crippen molar-refractivity contribution < 1.29 is 31.5 Å². The molecule has 0 heterocycles. The van der Waals surface area contributed by atoms with Gasteiger partial charge >= 0.3 is 12.1 Å². The Morgan fingerprint density at radius 1 is 1.32 bits per heavy atom. The van der Waals surface area contributed by atoms with Gasteiger partial charge in [-0.25, -0.2) is 13.1 Å². The van der Waals surface area contributed by atoms with Gasteiger partial charge in [-0.3, -0.25) is 4.79 Å². The zero-order valence-electron chi connectivity index (χ0n) is 11.5. The first-order valence-corrected chi connectivity index (χ1v) is 7.92. The normalized spacial score (nSPS) is 22.2. The number of aliphatic carboxylic acids is 1. The van der Waals surface area contributed by atoms with Gasteiger partial charge in [0.05, 0.1) is 16.4 Å². The number of carboxylic acid groups (broad SMARTS) is 1.